The van der Waals surface area contributed by atoms with Crippen LogP contribution in [0.5, 0.6) is 5.75 Å². The maximum atomic E-state index is 14.4. The Hall–Kier alpha value is -4.44. The van der Waals surface area contributed by atoms with Crippen LogP contribution in [0.25, 0.3) is 0 Å². The maximum absolute atomic E-state index is 14.4. The first kappa shape index (κ1) is 30.0. The molecule has 0 spiro atoms. The maximum Gasteiger partial charge on any atom is 0.326 e. The molecule has 0 radical (unpaired) electrons. The summed E-state index contributed by atoms with van der Waals surface area (Å²) >= 11 is 6.23. The summed E-state index contributed by atoms with van der Waals surface area (Å²) in [6.07, 6.45) is 6.16. The first-order chi connectivity index (χ1) is 20.4. The number of piperazine rings is 1. The van der Waals surface area contributed by atoms with Crippen molar-refractivity contribution in [1.82, 2.24) is 15.1 Å². The fourth-order valence-corrected chi connectivity index (χ4v) is 5.50. The molecule has 224 valence electrons. The van der Waals surface area contributed by atoms with E-state index in [0.29, 0.717) is 29.5 Å². The molecule has 2 aromatic rings. The number of ether oxygens (including phenoxy) is 1. The number of aliphatic carboxylic acids is 1. The third kappa shape index (κ3) is 6.64. The fourth-order valence-electron chi connectivity index (χ4n) is 5.38. The van der Waals surface area contributed by atoms with E-state index in [9.17, 15) is 24.3 Å². The topological polar surface area (TPSA) is 129 Å². The van der Waals surface area contributed by atoms with Crippen LogP contribution in [0.1, 0.15) is 61.1 Å². The summed E-state index contributed by atoms with van der Waals surface area (Å²) in [5.74, 6) is -1.46. The molecule has 2 aromatic carbocycles. The summed E-state index contributed by atoms with van der Waals surface area (Å²) in [5, 5.41) is 12.5. The number of carboxylic acid groups (broad SMARTS) is 1. The van der Waals surface area contributed by atoms with Crippen molar-refractivity contribution < 1.29 is 29.0 Å². The lowest BCUT2D eigenvalue weighted by Gasteiger charge is -2.36. The number of benzene rings is 2. The molecule has 2 aliphatic heterocycles. The Morgan fingerprint density at radius 2 is 1.88 bits per heavy atom. The molecule has 0 unspecified atom stereocenters. The number of allylic oxidation sites excluding steroid dienone is 2. The van der Waals surface area contributed by atoms with Crippen LogP contribution in [-0.2, 0) is 9.59 Å². The average molecular weight is 605 g/mol. The number of halogens is 1. The molecule has 11 heteroatoms. The molecule has 2 N–H and O–H groups in total. The number of Topliss-reactive ketones (excluding diaryl/α,β-unsaturated/α-hetero) is 1. The van der Waals surface area contributed by atoms with Gasteiger partial charge in [0.25, 0.3) is 0 Å². The van der Waals surface area contributed by atoms with Crippen LogP contribution in [0.3, 0.4) is 0 Å². The summed E-state index contributed by atoms with van der Waals surface area (Å²) in [4.78, 5) is 58.9. The molecule has 5 rings (SSSR count). The van der Waals surface area contributed by atoms with Gasteiger partial charge in [0, 0.05) is 23.7 Å². The van der Waals surface area contributed by atoms with Crippen LogP contribution >= 0.6 is 11.6 Å². The number of rotatable bonds is 7. The van der Waals surface area contributed by atoms with Crippen molar-refractivity contribution in [2.24, 2.45) is 4.99 Å². The predicted octanol–water partition coefficient (Wildman–Crippen LogP) is 4.78. The number of carbonyl (C=O) groups excluding carboxylic acids is 3. The summed E-state index contributed by atoms with van der Waals surface area (Å²) < 4.78 is 6.31. The van der Waals surface area contributed by atoms with E-state index >= 15 is 0 Å². The fraction of sp³-hybridized carbons (Fsp3) is 0.344. The molecular weight excluding hydrogens is 572 g/mol. The standard InChI is InChI=1S/C32H33ClN4O6/c1-32(2,3)43-25-16-21(24(38)17-27(40)41)10-13-23(25)30-35-28(19-6-4-5-7-19)29(20-8-11-22(33)12-9-20)37(30)31(42)36-15-14-34-26(39)18-36/h4,6-13,16,28-29H,5,14-15,17-18H2,1-3H3,(H,34,39)(H,40,41)/t28-,29+/m0/s1. The molecule has 1 fully saturated rings. The third-order valence-corrected chi connectivity index (χ3v) is 7.46. The van der Waals surface area contributed by atoms with Crippen LogP contribution in [0, 0.1) is 0 Å². The second-order valence-electron chi connectivity index (χ2n) is 11.6. The first-order valence-corrected chi connectivity index (χ1v) is 14.4. The van der Waals surface area contributed by atoms with Crippen LogP contribution in [0.15, 0.2) is 71.3 Å². The van der Waals surface area contributed by atoms with E-state index in [2.05, 4.69) is 11.4 Å². The normalized spacial score (nSPS) is 20.0. The monoisotopic (exact) mass is 604 g/mol. The van der Waals surface area contributed by atoms with E-state index in [1.165, 1.54) is 17.0 Å². The Labute approximate surface area is 254 Å². The SMILES string of the molecule is CC(C)(C)Oc1cc(C(=O)CC(=O)O)ccc1C1=N[C@@H](C2=CCC=C2)[C@@H](c2ccc(Cl)cc2)N1C(=O)N1CCNC(=O)C1. The van der Waals surface area contributed by atoms with E-state index in [1.54, 1.807) is 23.1 Å². The van der Waals surface area contributed by atoms with E-state index in [1.807, 2.05) is 45.1 Å². The molecule has 1 saturated heterocycles. The average Bonchev–Trinajstić information content (AvgIpc) is 3.60. The molecule has 3 aliphatic rings. The van der Waals surface area contributed by atoms with Crippen molar-refractivity contribution in [2.45, 2.75) is 51.3 Å². The van der Waals surface area contributed by atoms with Gasteiger partial charge in [0.2, 0.25) is 5.91 Å². The molecule has 0 aromatic heterocycles. The zero-order valence-corrected chi connectivity index (χ0v) is 24.9. The second kappa shape index (κ2) is 12.0. The Morgan fingerprint density at radius 3 is 2.51 bits per heavy atom. The van der Waals surface area contributed by atoms with Gasteiger partial charge in [-0.2, -0.15) is 0 Å². The highest BCUT2D eigenvalue weighted by molar-refractivity contribution is 6.30. The van der Waals surface area contributed by atoms with Crippen molar-refractivity contribution in [1.29, 1.82) is 0 Å². The predicted molar refractivity (Wildman–Crippen MR) is 162 cm³/mol. The van der Waals surface area contributed by atoms with Crippen molar-refractivity contribution in [3.63, 3.8) is 0 Å². The highest BCUT2D eigenvalue weighted by atomic mass is 35.5. The Kier molecular flexibility index (Phi) is 8.41. The third-order valence-electron chi connectivity index (χ3n) is 7.21. The van der Waals surface area contributed by atoms with E-state index in [0.717, 1.165) is 17.6 Å². The van der Waals surface area contributed by atoms with Gasteiger partial charge in [-0.15, -0.1) is 0 Å². The van der Waals surface area contributed by atoms with Gasteiger partial charge < -0.3 is 20.1 Å². The Bertz CT molecular complexity index is 1560. The lowest BCUT2D eigenvalue weighted by Crippen LogP contribution is -2.55. The lowest BCUT2D eigenvalue weighted by molar-refractivity contribution is -0.136. The number of nitrogens with zero attached hydrogens (tertiary/aromatic N) is 3. The molecule has 0 saturated carbocycles. The molecule has 2 heterocycles. The molecular formula is C32H33ClN4O6. The smallest absolute Gasteiger partial charge is 0.326 e. The van der Waals surface area contributed by atoms with Crippen molar-refractivity contribution in [3.8, 4) is 5.75 Å². The zero-order chi connectivity index (χ0) is 30.9. The summed E-state index contributed by atoms with van der Waals surface area (Å²) in [6.45, 7) is 6.10. The summed E-state index contributed by atoms with van der Waals surface area (Å²) in [5.41, 5.74) is 1.67. The largest absolute Gasteiger partial charge is 0.487 e. The number of carbonyl (C=O) groups is 4. The van der Waals surface area contributed by atoms with Gasteiger partial charge in [-0.1, -0.05) is 48.0 Å². The quantitative estimate of drug-likeness (QED) is 0.346. The second-order valence-corrected chi connectivity index (χ2v) is 12.0. The van der Waals surface area contributed by atoms with Gasteiger partial charge in [0.05, 0.1) is 11.6 Å². The number of amidine groups is 1. The highest BCUT2D eigenvalue weighted by Crippen LogP contribution is 2.42. The number of ketones is 1. The van der Waals surface area contributed by atoms with Gasteiger partial charge in [0.15, 0.2) is 5.78 Å². The van der Waals surface area contributed by atoms with Gasteiger partial charge >= 0.3 is 12.0 Å². The number of urea groups is 1. The van der Waals surface area contributed by atoms with E-state index in [4.69, 9.17) is 21.3 Å². The van der Waals surface area contributed by atoms with Crippen LogP contribution in [0.4, 0.5) is 4.79 Å². The van der Waals surface area contributed by atoms with Crippen LogP contribution in [-0.4, -0.2) is 75.7 Å². The molecule has 10 nitrogen and oxygen atoms in total. The van der Waals surface area contributed by atoms with E-state index < -0.39 is 41.9 Å². The minimum Gasteiger partial charge on any atom is -0.487 e. The molecule has 1 aliphatic carbocycles. The van der Waals surface area contributed by atoms with Gasteiger partial charge in [-0.25, -0.2) is 4.79 Å². The Balaban J connectivity index is 1.69. The van der Waals surface area contributed by atoms with Crippen molar-refractivity contribution >= 4 is 41.1 Å². The molecule has 0 bridgehead atoms. The summed E-state index contributed by atoms with van der Waals surface area (Å²) in [7, 11) is 0. The molecule has 2 atom stereocenters. The number of aliphatic imine (C=N–C) groups is 1. The van der Waals surface area contributed by atoms with E-state index in [-0.39, 0.29) is 23.8 Å². The van der Waals surface area contributed by atoms with Gasteiger partial charge in [-0.3, -0.25) is 24.3 Å². The van der Waals surface area contributed by atoms with Crippen LogP contribution in [0.2, 0.25) is 5.02 Å². The number of nitrogens with one attached hydrogen (secondary N) is 1. The zero-order valence-electron chi connectivity index (χ0n) is 24.2. The van der Waals surface area contributed by atoms with Crippen molar-refractivity contribution in [2.75, 3.05) is 19.6 Å². The number of carboxylic acids is 1. The van der Waals surface area contributed by atoms with Gasteiger partial charge in [0.1, 0.15) is 36.2 Å². The Morgan fingerprint density at radius 1 is 1.14 bits per heavy atom. The number of hydrogen-bond acceptors (Lipinski definition) is 6. The minimum absolute atomic E-state index is 0.100. The van der Waals surface area contributed by atoms with Crippen molar-refractivity contribution in [3.05, 3.63) is 88.0 Å². The first-order valence-electron chi connectivity index (χ1n) is 14.0. The minimum atomic E-state index is -1.23. The lowest BCUT2D eigenvalue weighted by atomic mass is 9.94. The van der Waals surface area contributed by atoms with Gasteiger partial charge in [-0.05, 0) is 62.6 Å². The highest BCUT2D eigenvalue weighted by Gasteiger charge is 2.45. The number of hydrogen-bond donors (Lipinski definition) is 2. The summed E-state index contributed by atoms with van der Waals surface area (Å²) in [6, 6.07) is 10.5. The van der Waals surface area contributed by atoms with Crippen LogP contribution < -0.4 is 10.1 Å². The molecule has 43 heavy (non-hydrogen) atoms. The number of amides is 3. The molecule has 3 amide bonds.